The average molecular weight is 339 g/mol. The van der Waals surface area contributed by atoms with E-state index in [1.807, 2.05) is 0 Å². The Morgan fingerprint density at radius 1 is 0.920 bits per heavy atom. The van der Waals surface area contributed by atoms with Crippen LogP contribution in [-0.2, 0) is 0 Å². The second-order valence-electron chi connectivity index (χ2n) is 7.37. The van der Waals surface area contributed by atoms with Crippen LogP contribution in [-0.4, -0.2) is 37.3 Å². The number of phenolic OH excluding ortho intramolecular Hbond substituents is 1. The van der Waals surface area contributed by atoms with Gasteiger partial charge in [0.25, 0.3) is 0 Å². The van der Waals surface area contributed by atoms with Crippen molar-refractivity contribution in [3.8, 4) is 11.5 Å². The minimum absolute atomic E-state index is 0.348. The van der Waals surface area contributed by atoms with E-state index in [4.69, 9.17) is 4.74 Å². The molecule has 0 aromatic heterocycles. The molecule has 0 bridgehead atoms. The lowest BCUT2D eigenvalue weighted by Gasteiger charge is -2.30. The molecule has 1 N–H and O–H groups in total. The van der Waals surface area contributed by atoms with E-state index in [9.17, 15) is 5.11 Å². The van der Waals surface area contributed by atoms with Crippen LogP contribution in [0, 0.1) is 0 Å². The van der Waals surface area contributed by atoms with Crippen molar-refractivity contribution in [2.24, 2.45) is 0 Å². The summed E-state index contributed by atoms with van der Waals surface area (Å²) in [5.74, 6) is 2.51. The van der Waals surface area contributed by atoms with Gasteiger partial charge in [0.2, 0.25) is 0 Å². The number of hydrogen-bond acceptors (Lipinski definition) is 3. The summed E-state index contributed by atoms with van der Waals surface area (Å²) in [7, 11) is 4.11. The summed E-state index contributed by atoms with van der Waals surface area (Å²) < 4.78 is 5.80. The minimum Gasteiger partial charge on any atom is -0.508 e. The number of phenols is 1. The second kappa shape index (κ2) is 8.39. The van der Waals surface area contributed by atoms with Crippen LogP contribution in [0.3, 0.4) is 0 Å². The Kier molecular flexibility index (Phi) is 5.98. The molecule has 1 saturated carbocycles. The third-order valence-corrected chi connectivity index (χ3v) is 5.20. The van der Waals surface area contributed by atoms with Gasteiger partial charge < -0.3 is 14.7 Å². The summed E-state index contributed by atoms with van der Waals surface area (Å²) in [6, 6.07) is 16.4. The highest BCUT2D eigenvalue weighted by Crippen LogP contribution is 2.41. The van der Waals surface area contributed by atoms with Crippen molar-refractivity contribution in [3.63, 3.8) is 0 Å². The largest absolute Gasteiger partial charge is 0.508 e. The maximum Gasteiger partial charge on any atom is 0.119 e. The van der Waals surface area contributed by atoms with Gasteiger partial charge >= 0.3 is 0 Å². The molecule has 0 aliphatic heterocycles. The first-order valence-electron chi connectivity index (χ1n) is 9.28. The molecule has 3 heteroatoms. The molecule has 2 atom stereocenters. The Bertz CT molecular complexity index is 649. The molecule has 2 aromatic rings. The van der Waals surface area contributed by atoms with Gasteiger partial charge in [-0.3, -0.25) is 0 Å². The Morgan fingerprint density at radius 2 is 1.48 bits per heavy atom. The zero-order valence-corrected chi connectivity index (χ0v) is 15.3. The van der Waals surface area contributed by atoms with Crippen molar-refractivity contribution in [2.45, 2.75) is 37.5 Å². The van der Waals surface area contributed by atoms with Gasteiger partial charge in [0, 0.05) is 6.54 Å². The fourth-order valence-corrected chi connectivity index (χ4v) is 3.72. The van der Waals surface area contributed by atoms with E-state index in [-0.39, 0.29) is 0 Å². The van der Waals surface area contributed by atoms with Crippen molar-refractivity contribution >= 4 is 0 Å². The summed E-state index contributed by atoms with van der Waals surface area (Å²) in [5.41, 5.74) is 2.77. The molecule has 1 aliphatic carbocycles. The molecule has 1 fully saturated rings. The number of likely N-dealkylation sites (N-methyl/N-ethyl adjacent to an activating group) is 1. The topological polar surface area (TPSA) is 32.7 Å². The van der Waals surface area contributed by atoms with Gasteiger partial charge in [-0.05, 0) is 80.6 Å². The Balaban J connectivity index is 1.60. The van der Waals surface area contributed by atoms with Crippen molar-refractivity contribution in [1.82, 2.24) is 4.90 Å². The van der Waals surface area contributed by atoms with E-state index < -0.39 is 0 Å². The summed E-state index contributed by atoms with van der Waals surface area (Å²) >= 11 is 0. The quantitative estimate of drug-likeness (QED) is 0.822. The zero-order chi connectivity index (χ0) is 17.6. The summed E-state index contributed by atoms with van der Waals surface area (Å²) in [6.07, 6.45) is 4.95. The molecule has 0 amide bonds. The number of ether oxygens (including phenoxy) is 1. The van der Waals surface area contributed by atoms with Crippen LogP contribution >= 0.6 is 0 Å². The maximum atomic E-state index is 9.49. The van der Waals surface area contributed by atoms with Crippen LogP contribution < -0.4 is 4.74 Å². The van der Waals surface area contributed by atoms with Crippen LogP contribution in [0.15, 0.2) is 48.5 Å². The molecular weight excluding hydrogens is 310 g/mol. The summed E-state index contributed by atoms with van der Waals surface area (Å²) in [5, 5.41) is 9.49. The molecule has 3 rings (SSSR count). The van der Waals surface area contributed by atoms with Gasteiger partial charge in [-0.1, -0.05) is 30.7 Å². The highest BCUT2D eigenvalue weighted by Gasteiger charge is 2.24. The molecule has 2 aromatic carbocycles. The monoisotopic (exact) mass is 339 g/mol. The van der Waals surface area contributed by atoms with E-state index in [1.165, 1.54) is 36.8 Å². The summed E-state index contributed by atoms with van der Waals surface area (Å²) in [4.78, 5) is 2.12. The lowest BCUT2D eigenvalue weighted by Crippen LogP contribution is -2.19. The molecule has 134 valence electrons. The Morgan fingerprint density at radius 3 is 2.04 bits per heavy atom. The number of rotatable bonds is 6. The Hall–Kier alpha value is -2.00. The fraction of sp³-hybridized carbons (Fsp3) is 0.455. The maximum absolute atomic E-state index is 9.49. The zero-order valence-electron chi connectivity index (χ0n) is 15.3. The van der Waals surface area contributed by atoms with E-state index in [0.717, 1.165) is 18.9 Å². The molecule has 0 radical (unpaired) electrons. The second-order valence-corrected chi connectivity index (χ2v) is 7.37. The van der Waals surface area contributed by atoms with Gasteiger partial charge in [0.05, 0.1) is 0 Å². The van der Waals surface area contributed by atoms with Crippen molar-refractivity contribution in [3.05, 3.63) is 59.7 Å². The molecular formula is C22H29NO2. The van der Waals surface area contributed by atoms with Crippen molar-refractivity contribution in [1.29, 1.82) is 0 Å². The van der Waals surface area contributed by atoms with Gasteiger partial charge in [0.15, 0.2) is 0 Å². The number of nitrogens with zero attached hydrogens (tertiary/aromatic N) is 1. The summed E-state index contributed by atoms with van der Waals surface area (Å²) in [6.45, 7) is 1.65. The molecule has 0 unspecified atom stereocenters. The predicted octanol–water partition coefficient (Wildman–Crippen LogP) is 4.77. The van der Waals surface area contributed by atoms with E-state index >= 15 is 0 Å². The van der Waals surface area contributed by atoms with Gasteiger partial charge in [-0.25, -0.2) is 0 Å². The smallest absolute Gasteiger partial charge is 0.119 e. The van der Waals surface area contributed by atoms with E-state index in [1.54, 1.807) is 12.1 Å². The molecule has 3 nitrogen and oxygen atoms in total. The first kappa shape index (κ1) is 17.8. The lowest BCUT2D eigenvalue weighted by atomic mass is 9.75. The van der Waals surface area contributed by atoms with Gasteiger partial charge in [-0.15, -0.1) is 0 Å². The van der Waals surface area contributed by atoms with Crippen molar-refractivity contribution < 1.29 is 9.84 Å². The molecule has 1 aliphatic rings. The normalized spacial score (nSPS) is 20.6. The van der Waals surface area contributed by atoms with Gasteiger partial charge in [0.1, 0.15) is 18.1 Å². The highest BCUT2D eigenvalue weighted by molar-refractivity contribution is 5.32. The first-order chi connectivity index (χ1) is 12.1. The fourth-order valence-electron chi connectivity index (χ4n) is 3.72. The highest BCUT2D eigenvalue weighted by atomic mass is 16.5. The molecule has 0 spiro atoms. The molecule has 0 heterocycles. The van der Waals surface area contributed by atoms with Crippen LogP contribution in [0.4, 0.5) is 0 Å². The molecule has 0 saturated heterocycles. The third-order valence-electron chi connectivity index (χ3n) is 5.20. The van der Waals surface area contributed by atoms with E-state index in [0.29, 0.717) is 17.6 Å². The number of hydrogen-bond donors (Lipinski definition) is 1. The van der Waals surface area contributed by atoms with Crippen LogP contribution in [0.5, 0.6) is 11.5 Å². The Labute approximate surface area is 151 Å². The minimum atomic E-state index is 0.348. The molecule has 25 heavy (non-hydrogen) atoms. The lowest BCUT2D eigenvalue weighted by molar-refractivity contribution is 0.261. The standard InChI is InChI=1S/C22H29NO2/c1-23(2)14-15-25-22-12-8-18(9-13-22)20-5-3-4-19(16-20)17-6-10-21(24)11-7-17/h6-13,19-20,24H,3-5,14-16H2,1-2H3/t19-,20+/m0/s1. The first-order valence-corrected chi connectivity index (χ1v) is 9.28. The van der Waals surface area contributed by atoms with Gasteiger partial charge in [-0.2, -0.15) is 0 Å². The predicted molar refractivity (Wildman–Crippen MR) is 103 cm³/mol. The average Bonchev–Trinajstić information content (AvgIpc) is 2.63. The van der Waals surface area contributed by atoms with Crippen LogP contribution in [0.1, 0.15) is 48.6 Å². The third kappa shape index (κ3) is 4.99. The number of aromatic hydroxyl groups is 1. The van der Waals surface area contributed by atoms with Crippen molar-refractivity contribution in [2.75, 3.05) is 27.2 Å². The SMILES string of the molecule is CN(C)CCOc1ccc([C@@H]2CCC[C@H](c3ccc(O)cc3)C2)cc1. The van der Waals surface area contributed by atoms with E-state index in [2.05, 4.69) is 55.4 Å². The number of benzene rings is 2. The van der Waals surface area contributed by atoms with Crippen LogP contribution in [0.25, 0.3) is 0 Å². The van der Waals surface area contributed by atoms with Crippen LogP contribution in [0.2, 0.25) is 0 Å².